The number of rotatable bonds is 2. The van der Waals surface area contributed by atoms with Crippen LogP contribution in [-0.2, 0) is 22.7 Å². The molecule has 2 aliphatic rings. The SMILES string of the molecule is NCc1cc2c(s1)C(=O)N(C1CCC(=O)NC1=O)C2. The van der Waals surface area contributed by atoms with E-state index >= 15 is 0 Å². The van der Waals surface area contributed by atoms with E-state index in [9.17, 15) is 14.4 Å². The molecule has 7 heteroatoms. The number of nitrogens with zero attached hydrogens (tertiary/aromatic N) is 1. The molecule has 0 aliphatic carbocycles. The minimum Gasteiger partial charge on any atom is -0.326 e. The fourth-order valence-corrected chi connectivity index (χ4v) is 3.51. The minimum atomic E-state index is -0.536. The van der Waals surface area contributed by atoms with Crippen molar-refractivity contribution in [2.75, 3.05) is 0 Å². The highest BCUT2D eigenvalue weighted by Gasteiger charge is 2.40. The molecule has 1 fully saturated rings. The van der Waals surface area contributed by atoms with Crippen LogP contribution in [0.5, 0.6) is 0 Å². The molecule has 0 spiro atoms. The molecule has 3 amide bonds. The summed E-state index contributed by atoms with van der Waals surface area (Å²) in [4.78, 5) is 38.4. The Kier molecular flexibility index (Phi) is 2.87. The summed E-state index contributed by atoms with van der Waals surface area (Å²) in [6, 6.07) is 1.38. The smallest absolute Gasteiger partial charge is 0.265 e. The highest BCUT2D eigenvalue weighted by Crippen LogP contribution is 2.33. The lowest BCUT2D eigenvalue weighted by atomic mass is 10.0. The summed E-state index contributed by atoms with van der Waals surface area (Å²) in [7, 11) is 0. The molecule has 3 rings (SSSR count). The maximum absolute atomic E-state index is 12.3. The van der Waals surface area contributed by atoms with Gasteiger partial charge in [-0.25, -0.2) is 0 Å². The van der Waals surface area contributed by atoms with Crippen LogP contribution in [0.3, 0.4) is 0 Å². The van der Waals surface area contributed by atoms with Crippen molar-refractivity contribution in [1.82, 2.24) is 10.2 Å². The Labute approximate surface area is 113 Å². The molecule has 1 aromatic rings. The minimum absolute atomic E-state index is 0.130. The number of nitrogens with one attached hydrogen (secondary N) is 1. The summed E-state index contributed by atoms with van der Waals surface area (Å²) in [6.07, 6.45) is 0.678. The standard InChI is InChI=1S/C12H13N3O3S/c13-4-7-3-6-5-15(12(18)10(6)19-7)8-1-2-9(16)14-11(8)17/h3,8H,1-2,4-5,13H2,(H,14,16,17). The highest BCUT2D eigenvalue weighted by atomic mass is 32.1. The Morgan fingerprint density at radius 3 is 2.84 bits per heavy atom. The van der Waals surface area contributed by atoms with Gasteiger partial charge in [0.15, 0.2) is 0 Å². The Hall–Kier alpha value is -1.73. The summed E-state index contributed by atoms with van der Waals surface area (Å²) in [5.74, 6) is -0.777. The van der Waals surface area contributed by atoms with Crippen LogP contribution in [0.15, 0.2) is 6.07 Å². The summed E-state index contributed by atoms with van der Waals surface area (Å²) in [5, 5.41) is 2.28. The molecule has 1 aromatic heterocycles. The first-order valence-electron chi connectivity index (χ1n) is 6.06. The number of amides is 3. The van der Waals surface area contributed by atoms with Gasteiger partial charge < -0.3 is 10.6 Å². The first-order chi connectivity index (χ1) is 9.10. The van der Waals surface area contributed by atoms with Crippen molar-refractivity contribution in [3.8, 4) is 0 Å². The maximum Gasteiger partial charge on any atom is 0.265 e. The van der Waals surface area contributed by atoms with Crippen LogP contribution in [0.4, 0.5) is 0 Å². The summed E-state index contributed by atoms with van der Waals surface area (Å²) < 4.78 is 0. The van der Waals surface area contributed by atoms with E-state index in [1.807, 2.05) is 6.07 Å². The molecule has 19 heavy (non-hydrogen) atoms. The Balaban J connectivity index is 1.82. The van der Waals surface area contributed by atoms with Crippen LogP contribution >= 0.6 is 11.3 Å². The third-order valence-corrected chi connectivity index (χ3v) is 4.63. The number of nitrogens with two attached hydrogens (primary N) is 1. The van der Waals surface area contributed by atoms with Crippen LogP contribution in [0, 0.1) is 0 Å². The van der Waals surface area contributed by atoms with Gasteiger partial charge >= 0.3 is 0 Å². The molecule has 0 aromatic carbocycles. The fraction of sp³-hybridized carbons (Fsp3) is 0.417. The molecule has 3 N–H and O–H groups in total. The van der Waals surface area contributed by atoms with Gasteiger partial charge in [0.1, 0.15) is 6.04 Å². The quantitative estimate of drug-likeness (QED) is 0.743. The number of hydrogen-bond acceptors (Lipinski definition) is 5. The van der Waals surface area contributed by atoms with E-state index in [0.29, 0.717) is 24.4 Å². The normalized spacial score (nSPS) is 22.7. The van der Waals surface area contributed by atoms with Crippen LogP contribution in [-0.4, -0.2) is 28.7 Å². The first kappa shape index (κ1) is 12.3. The average molecular weight is 279 g/mol. The van der Waals surface area contributed by atoms with Gasteiger partial charge in [0.05, 0.1) is 4.88 Å². The molecule has 3 heterocycles. The zero-order chi connectivity index (χ0) is 13.6. The van der Waals surface area contributed by atoms with Gasteiger partial charge in [-0.3, -0.25) is 19.7 Å². The summed E-state index contributed by atoms with van der Waals surface area (Å²) in [6.45, 7) is 0.848. The van der Waals surface area contributed by atoms with Gasteiger partial charge in [0.2, 0.25) is 11.8 Å². The molecule has 1 saturated heterocycles. The largest absolute Gasteiger partial charge is 0.326 e. The topological polar surface area (TPSA) is 92.5 Å². The molecule has 2 aliphatic heterocycles. The van der Waals surface area contributed by atoms with Crippen molar-refractivity contribution in [2.24, 2.45) is 5.73 Å². The second-order valence-electron chi connectivity index (χ2n) is 4.67. The number of fused-ring (bicyclic) bond motifs is 1. The molecule has 100 valence electrons. The number of carbonyl (C=O) groups excluding carboxylic acids is 3. The number of hydrogen-bond donors (Lipinski definition) is 2. The van der Waals surface area contributed by atoms with Crippen LogP contribution in [0.25, 0.3) is 0 Å². The summed E-state index contributed by atoms with van der Waals surface area (Å²) in [5.41, 5.74) is 6.49. The van der Waals surface area contributed by atoms with E-state index in [-0.39, 0.29) is 24.1 Å². The lowest BCUT2D eigenvalue weighted by Crippen LogP contribution is -2.52. The number of imide groups is 1. The zero-order valence-electron chi connectivity index (χ0n) is 10.1. The van der Waals surface area contributed by atoms with E-state index in [1.54, 1.807) is 4.90 Å². The number of thiophene rings is 1. The predicted molar refractivity (Wildman–Crippen MR) is 68.3 cm³/mol. The van der Waals surface area contributed by atoms with E-state index in [0.717, 1.165) is 10.4 Å². The van der Waals surface area contributed by atoms with Crippen LogP contribution < -0.4 is 11.1 Å². The van der Waals surface area contributed by atoms with E-state index < -0.39 is 6.04 Å². The van der Waals surface area contributed by atoms with E-state index in [2.05, 4.69) is 5.32 Å². The Morgan fingerprint density at radius 2 is 2.21 bits per heavy atom. The second-order valence-corrected chi connectivity index (χ2v) is 5.81. The fourth-order valence-electron chi connectivity index (χ4n) is 2.50. The van der Waals surface area contributed by atoms with Crippen molar-refractivity contribution in [3.63, 3.8) is 0 Å². The molecule has 1 atom stereocenters. The molecular formula is C12H13N3O3S. The van der Waals surface area contributed by atoms with Gasteiger partial charge in [-0.1, -0.05) is 0 Å². The first-order valence-corrected chi connectivity index (χ1v) is 6.88. The third-order valence-electron chi connectivity index (χ3n) is 3.44. The van der Waals surface area contributed by atoms with Crippen molar-refractivity contribution < 1.29 is 14.4 Å². The zero-order valence-corrected chi connectivity index (χ0v) is 11.0. The highest BCUT2D eigenvalue weighted by molar-refractivity contribution is 7.14. The van der Waals surface area contributed by atoms with Gasteiger partial charge in [-0.05, 0) is 18.1 Å². The molecule has 6 nitrogen and oxygen atoms in total. The second kappa shape index (κ2) is 4.43. The van der Waals surface area contributed by atoms with Crippen molar-refractivity contribution in [1.29, 1.82) is 0 Å². The summed E-state index contributed by atoms with van der Waals surface area (Å²) >= 11 is 1.38. The number of piperidine rings is 1. The molecule has 0 saturated carbocycles. The molecule has 0 radical (unpaired) electrons. The molecule has 1 unspecified atom stereocenters. The van der Waals surface area contributed by atoms with Crippen LogP contribution in [0.2, 0.25) is 0 Å². The van der Waals surface area contributed by atoms with E-state index in [1.165, 1.54) is 11.3 Å². The van der Waals surface area contributed by atoms with Crippen molar-refractivity contribution in [2.45, 2.75) is 32.0 Å². The van der Waals surface area contributed by atoms with Crippen LogP contribution in [0.1, 0.15) is 33.0 Å². The third kappa shape index (κ3) is 1.95. The predicted octanol–water partition coefficient (Wildman–Crippen LogP) is -0.0322. The number of carbonyl (C=O) groups is 3. The monoisotopic (exact) mass is 279 g/mol. The maximum atomic E-state index is 12.3. The van der Waals surface area contributed by atoms with E-state index in [4.69, 9.17) is 5.73 Å². The Bertz CT molecular complexity index is 581. The van der Waals surface area contributed by atoms with Gasteiger partial charge in [0, 0.05) is 24.4 Å². The van der Waals surface area contributed by atoms with Gasteiger partial charge in [-0.2, -0.15) is 0 Å². The molecular weight excluding hydrogens is 266 g/mol. The average Bonchev–Trinajstić information content (AvgIpc) is 2.90. The van der Waals surface area contributed by atoms with Gasteiger partial charge in [0.25, 0.3) is 5.91 Å². The lowest BCUT2D eigenvalue weighted by molar-refractivity contribution is -0.136. The van der Waals surface area contributed by atoms with Gasteiger partial charge in [-0.15, -0.1) is 11.3 Å². The van der Waals surface area contributed by atoms with Crippen molar-refractivity contribution >= 4 is 29.1 Å². The lowest BCUT2D eigenvalue weighted by Gasteiger charge is -2.29. The van der Waals surface area contributed by atoms with Crippen molar-refractivity contribution in [3.05, 3.63) is 21.4 Å². The molecule has 0 bridgehead atoms. The Morgan fingerprint density at radius 1 is 1.42 bits per heavy atom.